The molecule has 8 heteroatoms. The summed E-state index contributed by atoms with van der Waals surface area (Å²) in [5, 5.41) is 6.21. The molecule has 0 radical (unpaired) electrons. The Kier molecular flexibility index (Phi) is 4.77. The lowest BCUT2D eigenvalue weighted by Crippen LogP contribution is -2.34. The van der Waals surface area contributed by atoms with Crippen LogP contribution in [-0.2, 0) is 4.79 Å². The van der Waals surface area contributed by atoms with Crippen molar-refractivity contribution in [1.29, 1.82) is 0 Å². The summed E-state index contributed by atoms with van der Waals surface area (Å²) in [4.78, 5) is 26.1. The van der Waals surface area contributed by atoms with Crippen molar-refractivity contribution in [3.63, 3.8) is 0 Å². The average molecular weight is 388 g/mol. The average Bonchev–Trinajstić information content (AvgIpc) is 3.26. The molecule has 140 valence electrons. The molecular formula is C19H18ClN3O4. The van der Waals surface area contributed by atoms with Crippen molar-refractivity contribution in [3.05, 3.63) is 47.5 Å². The predicted octanol–water partition coefficient (Wildman–Crippen LogP) is 3.24. The van der Waals surface area contributed by atoms with Crippen molar-refractivity contribution in [3.8, 4) is 11.5 Å². The van der Waals surface area contributed by atoms with Crippen LogP contribution in [0.5, 0.6) is 11.5 Å². The molecule has 4 rings (SSSR count). The Bertz CT molecular complexity index is 872. The molecule has 0 saturated carbocycles. The number of amides is 3. The van der Waals surface area contributed by atoms with Gasteiger partial charge in [0.25, 0.3) is 0 Å². The van der Waals surface area contributed by atoms with Gasteiger partial charge in [0.15, 0.2) is 11.5 Å². The molecule has 2 aromatic carbocycles. The standard InChI is InChI=1S/C19H18ClN3O4/c20-13-1-4-15(5-2-13)23-10-12(7-18(23)24)9-21-19(25)22-14-3-6-16-17(8-14)27-11-26-16/h1-6,8,12H,7,9-11H2,(H2,21,22,25)/t12-/m1/s1. The number of hydrogen-bond acceptors (Lipinski definition) is 4. The summed E-state index contributed by atoms with van der Waals surface area (Å²) in [6, 6.07) is 12.0. The fourth-order valence-electron chi connectivity index (χ4n) is 3.18. The molecule has 2 N–H and O–H groups in total. The van der Waals surface area contributed by atoms with Crippen molar-refractivity contribution < 1.29 is 19.1 Å². The Hall–Kier alpha value is -2.93. The number of anilines is 2. The van der Waals surface area contributed by atoms with Gasteiger partial charge in [0.1, 0.15) is 0 Å². The number of nitrogens with one attached hydrogen (secondary N) is 2. The largest absolute Gasteiger partial charge is 0.454 e. The fraction of sp³-hybridized carbons (Fsp3) is 0.263. The number of carbonyl (C=O) groups is 2. The van der Waals surface area contributed by atoms with Gasteiger partial charge in [-0.15, -0.1) is 0 Å². The van der Waals surface area contributed by atoms with Gasteiger partial charge in [0, 0.05) is 47.9 Å². The molecule has 3 amide bonds. The van der Waals surface area contributed by atoms with Crippen LogP contribution in [0, 0.1) is 5.92 Å². The molecule has 0 spiro atoms. The minimum Gasteiger partial charge on any atom is -0.454 e. The first-order valence-corrected chi connectivity index (χ1v) is 8.97. The van der Waals surface area contributed by atoms with Gasteiger partial charge >= 0.3 is 6.03 Å². The molecule has 0 unspecified atom stereocenters. The van der Waals surface area contributed by atoms with Crippen LogP contribution in [0.4, 0.5) is 16.2 Å². The smallest absolute Gasteiger partial charge is 0.319 e. The summed E-state index contributed by atoms with van der Waals surface area (Å²) in [5.41, 5.74) is 1.43. The summed E-state index contributed by atoms with van der Waals surface area (Å²) < 4.78 is 10.5. The number of ether oxygens (including phenoxy) is 2. The molecule has 2 aliphatic heterocycles. The van der Waals surface area contributed by atoms with Crippen LogP contribution in [-0.4, -0.2) is 31.8 Å². The van der Waals surface area contributed by atoms with E-state index in [1.165, 1.54) is 0 Å². The van der Waals surface area contributed by atoms with Gasteiger partial charge < -0.3 is 25.0 Å². The zero-order chi connectivity index (χ0) is 18.8. The second-order valence-electron chi connectivity index (χ2n) is 6.45. The van der Waals surface area contributed by atoms with E-state index in [-0.39, 0.29) is 24.6 Å². The molecular weight excluding hydrogens is 370 g/mol. The molecule has 0 bridgehead atoms. The molecule has 1 fully saturated rings. The number of fused-ring (bicyclic) bond motifs is 1. The molecule has 2 heterocycles. The summed E-state index contributed by atoms with van der Waals surface area (Å²) in [6.45, 7) is 1.15. The highest BCUT2D eigenvalue weighted by atomic mass is 35.5. The number of carbonyl (C=O) groups excluding carboxylic acids is 2. The van der Waals surface area contributed by atoms with Crippen LogP contribution in [0.2, 0.25) is 5.02 Å². The van der Waals surface area contributed by atoms with Gasteiger partial charge in [0.05, 0.1) is 0 Å². The summed E-state index contributed by atoms with van der Waals surface area (Å²) in [5.74, 6) is 1.36. The Morgan fingerprint density at radius 1 is 1.15 bits per heavy atom. The zero-order valence-corrected chi connectivity index (χ0v) is 15.2. The van der Waals surface area contributed by atoms with E-state index in [9.17, 15) is 9.59 Å². The number of halogens is 1. The number of rotatable bonds is 4. The number of urea groups is 1. The van der Waals surface area contributed by atoms with E-state index < -0.39 is 0 Å². The Balaban J connectivity index is 1.29. The lowest BCUT2D eigenvalue weighted by molar-refractivity contribution is -0.117. The number of benzene rings is 2. The molecule has 1 saturated heterocycles. The summed E-state index contributed by atoms with van der Waals surface area (Å²) in [7, 11) is 0. The van der Waals surface area contributed by atoms with Crippen LogP contribution in [0.3, 0.4) is 0 Å². The van der Waals surface area contributed by atoms with E-state index >= 15 is 0 Å². The van der Waals surface area contributed by atoms with Crippen LogP contribution in [0.25, 0.3) is 0 Å². The maximum Gasteiger partial charge on any atom is 0.319 e. The first kappa shape index (κ1) is 17.5. The second-order valence-corrected chi connectivity index (χ2v) is 6.89. The van der Waals surface area contributed by atoms with Gasteiger partial charge in [-0.1, -0.05) is 11.6 Å². The molecule has 2 aliphatic rings. The maximum atomic E-state index is 12.3. The number of nitrogens with zero attached hydrogens (tertiary/aromatic N) is 1. The normalized spacial score (nSPS) is 17.9. The fourth-order valence-corrected chi connectivity index (χ4v) is 3.30. The Labute approximate surface area is 161 Å². The van der Waals surface area contributed by atoms with E-state index in [2.05, 4.69) is 10.6 Å². The SMILES string of the molecule is O=C(NC[C@H]1CC(=O)N(c2ccc(Cl)cc2)C1)Nc1ccc2c(c1)OCO2. The quantitative estimate of drug-likeness (QED) is 0.844. The third-order valence-corrected chi connectivity index (χ3v) is 4.78. The van der Waals surface area contributed by atoms with E-state index in [4.69, 9.17) is 21.1 Å². The van der Waals surface area contributed by atoms with Crippen molar-refractivity contribution >= 4 is 34.9 Å². The van der Waals surface area contributed by atoms with Gasteiger partial charge in [0.2, 0.25) is 12.7 Å². The van der Waals surface area contributed by atoms with E-state index in [1.54, 1.807) is 35.2 Å². The van der Waals surface area contributed by atoms with Gasteiger partial charge in [-0.2, -0.15) is 0 Å². The van der Waals surface area contributed by atoms with E-state index in [1.807, 2.05) is 12.1 Å². The molecule has 27 heavy (non-hydrogen) atoms. The van der Waals surface area contributed by atoms with Crippen LogP contribution < -0.4 is 25.0 Å². The summed E-state index contributed by atoms with van der Waals surface area (Å²) in [6.07, 6.45) is 0.396. The lowest BCUT2D eigenvalue weighted by Gasteiger charge is -2.17. The highest BCUT2D eigenvalue weighted by Crippen LogP contribution is 2.34. The van der Waals surface area contributed by atoms with Crippen LogP contribution >= 0.6 is 11.6 Å². The van der Waals surface area contributed by atoms with Gasteiger partial charge in [-0.05, 0) is 36.4 Å². The summed E-state index contributed by atoms with van der Waals surface area (Å²) >= 11 is 5.89. The van der Waals surface area contributed by atoms with Crippen LogP contribution in [0.1, 0.15) is 6.42 Å². The third-order valence-electron chi connectivity index (χ3n) is 4.53. The predicted molar refractivity (Wildman–Crippen MR) is 101 cm³/mol. The van der Waals surface area contributed by atoms with Crippen molar-refractivity contribution in [2.45, 2.75) is 6.42 Å². The topological polar surface area (TPSA) is 79.9 Å². The van der Waals surface area contributed by atoms with Crippen molar-refractivity contribution in [1.82, 2.24) is 5.32 Å². The number of hydrogen-bond donors (Lipinski definition) is 2. The molecule has 1 atom stereocenters. The monoisotopic (exact) mass is 387 g/mol. The second kappa shape index (κ2) is 7.36. The first-order chi connectivity index (χ1) is 13.1. The molecule has 0 aliphatic carbocycles. The van der Waals surface area contributed by atoms with Crippen molar-refractivity contribution in [2.75, 3.05) is 30.1 Å². The minimum absolute atomic E-state index is 0.0419. The third kappa shape index (κ3) is 3.93. The van der Waals surface area contributed by atoms with Crippen molar-refractivity contribution in [2.24, 2.45) is 5.92 Å². The highest BCUT2D eigenvalue weighted by molar-refractivity contribution is 6.30. The molecule has 7 nitrogen and oxygen atoms in total. The van der Waals surface area contributed by atoms with E-state index in [0.717, 1.165) is 5.69 Å². The molecule has 2 aromatic rings. The van der Waals surface area contributed by atoms with Gasteiger partial charge in [-0.25, -0.2) is 4.79 Å². The Morgan fingerprint density at radius 2 is 1.93 bits per heavy atom. The minimum atomic E-state index is -0.328. The molecule has 0 aromatic heterocycles. The first-order valence-electron chi connectivity index (χ1n) is 8.59. The highest BCUT2D eigenvalue weighted by Gasteiger charge is 2.30. The maximum absolute atomic E-state index is 12.3. The zero-order valence-electron chi connectivity index (χ0n) is 14.4. The lowest BCUT2D eigenvalue weighted by atomic mass is 10.1. The Morgan fingerprint density at radius 3 is 2.74 bits per heavy atom. The van der Waals surface area contributed by atoms with E-state index in [0.29, 0.717) is 41.7 Å². The van der Waals surface area contributed by atoms with Gasteiger partial charge in [-0.3, -0.25) is 4.79 Å². The van der Waals surface area contributed by atoms with Crippen LogP contribution in [0.15, 0.2) is 42.5 Å².